The maximum Gasteiger partial charge on any atom is 1.00 e. The molecule has 1 nitrogen and oxygen atoms in total. The van der Waals surface area contributed by atoms with Gasteiger partial charge in [0.05, 0.1) is 0 Å². The molecule has 0 spiro atoms. The Morgan fingerprint density at radius 1 is 0.643 bits per heavy atom. The van der Waals surface area contributed by atoms with E-state index in [9.17, 15) is 0 Å². The van der Waals surface area contributed by atoms with E-state index in [1.54, 1.807) is 0 Å². The maximum atomic E-state index is 7.00. The Morgan fingerprint density at radius 2 is 1.00 bits per heavy atom. The van der Waals surface area contributed by atoms with E-state index in [0.29, 0.717) is 6.54 Å². The van der Waals surface area contributed by atoms with Gasteiger partial charge in [0.1, 0.15) is 0 Å². The van der Waals surface area contributed by atoms with E-state index >= 15 is 0 Å². The quantitative estimate of drug-likeness (QED) is 0.399. The molecule has 0 atom stereocenters. The molecule has 0 heterocycles. The molecular formula is C12H26KN. The Labute approximate surface area is 133 Å². The topological polar surface area (TPSA) is 23.8 Å². The van der Waals surface area contributed by atoms with Gasteiger partial charge in [-0.15, -0.1) is 0 Å². The third-order valence-electron chi connectivity index (χ3n) is 2.53. The van der Waals surface area contributed by atoms with Crippen LogP contribution in [0, 0.1) is 0 Å². The van der Waals surface area contributed by atoms with Crippen LogP contribution in [0.4, 0.5) is 0 Å². The SMILES string of the molecule is CCCCCCCCCCCC[NH-].[K+]. The van der Waals surface area contributed by atoms with Crippen LogP contribution < -0.4 is 51.4 Å². The number of hydrogen-bond donors (Lipinski definition) is 0. The fourth-order valence-corrected chi connectivity index (χ4v) is 1.61. The summed E-state index contributed by atoms with van der Waals surface area (Å²) in [4.78, 5) is 0. The van der Waals surface area contributed by atoms with Crippen molar-refractivity contribution >= 4 is 0 Å². The van der Waals surface area contributed by atoms with Crippen molar-refractivity contribution in [1.29, 1.82) is 0 Å². The van der Waals surface area contributed by atoms with Crippen molar-refractivity contribution in [2.24, 2.45) is 0 Å². The zero-order valence-corrected chi connectivity index (χ0v) is 13.4. The minimum Gasteiger partial charge on any atom is -0.677 e. The van der Waals surface area contributed by atoms with Gasteiger partial charge in [0, 0.05) is 0 Å². The van der Waals surface area contributed by atoms with Gasteiger partial charge in [0.2, 0.25) is 0 Å². The molecule has 0 aliphatic carbocycles. The van der Waals surface area contributed by atoms with Crippen molar-refractivity contribution < 1.29 is 51.4 Å². The Bertz CT molecular complexity index is 76.4. The Hall–Kier alpha value is 1.60. The summed E-state index contributed by atoms with van der Waals surface area (Å²) in [6.45, 7) is 2.89. The molecule has 0 unspecified atom stereocenters. The fourth-order valence-electron chi connectivity index (χ4n) is 1.61. The average Bonchev–Trinajstić information content (AvgIpc) is 2.16. The number of rotatable bonds is 10. The summed E-state index contributed by atoms with van der Waals surface area (Å²) in [6.07, 6.45) is 13.6. The molecule has 0 aromatic rings. The molecule has 14 heavy (non-hydrogen) atoms. The predicted molar refractivity (Wildman–Crippen MR) is 61.0 cm³/mol. The van der Waals surface area contributed by atoms with E-state index in [1.165, 1.54) is 57.8 Å². The molecule has 80 valence electrons. The summed E-state index contributed by atoms with van der Waals surface area (Å²) in [5, 5.41) is 0. The van der Waals surface area contributed by atoms with Crippen LogP contribution in [0.1, 0.15) is 71.1 Å². The zero-order valence-electron chi connectivity index (χ0n) is 10.3. The normalized spacial score (nSPS) is 9.86. The first-order valence-corrected chi connectivity index (χ1v) is 6.06. The average molecular weight is 223 g/mol. The summed E-state index contributed by atoms with van der Waals surface area (Å²) in [5.74, 6) is 0. The van der Waals surface area contributed by atoms with Crippen LogP contribution in [-0.4, -0.2) is 6.54 Å². The second-order valence-corrected chi connectivity index (χ2v) is 3.93. The van der Waals surface area contributed by atoms with E-state index in [4.69, 9.17) is 5.73 Å². The van der Waals surface area contributed by atoms with Crippen molar-refractivity contribution in [3.05, 3.63) is 5.73 Å². The van der Waals surface area contributed by atoms with Gasteiger partial charge in [0.25, 0.3) is 0 Å². The molecule has 0 aliphatic heterocycles. The van der Waals surface area contributed by atoms with Crippen molar-refractivity contribution in [2.45, 2.75) is 71.1 Å². The predicted octanol–water partition coefficient (Wildman–Crippen LogP) is 1.96. The van der Waals surface area contributed by atoms with Gasteiger partial charge in [-0.1, -0.05) is 71.1 Å². The van der Waals surface area contributed by atoms with E-state index in [1.807, 2.05) is 0 Å². The minimum absolute atomic E-state index is 0. The second-order valence-electron chi connectivity index (χ2n) is 3.93. The van der Waals surface area contributed by atoms with Crippen LogP contribution in [0.3, 0.4) is 0 Å². The molecule has 0 aromatic heterocycles. The van der Waals surface area contributed by atoms with Gasteiger partial charge in [0.15, 0.2) is 0 Å². The summed E-state index contributed by atoms with van der Waals surface area (Å²) in [6, 6.07) is 0. The number of unbranched alkanes of at least 4 members (excludes halogenated alkanes) is 9. The van der Waals surface area contributed by atoms with Crippen LogP contribution in [0.15, 0.2) is 0 Å². The molecule has 0 saturated heterocycles. The molecule has 0 fully saturated rings. The van der Waals surface area contributed by atoms with Crippen LogP contribution in [0.25, 0.3) is 5.73 Å². The van der Waals surface area contributed by atoms with Crippen LogP contribution in [0.5, 0.6) is 0 Å². The van der Waals surface area contributed by atoms with Gasteiger partial charge in [-0.2, -0.15) is 6.54 Å². The smallest absolute Gasteiger partial charge is 0.677 e. The van der Waals surface area contributed by atoms with E-state index in [2.05, 4.69) is 6.92 Å². The minimum atomic E-state index is 0. The summed E-state index contributed by atoms with van der Waals surface area (Å²) < 4.78 is 0. The molecular weight excluding hydrogens is 197 g/mol. The van der Waals surface area contributed by atoms with Crippen molar-refractivity contribution in [1.82, 2.24) is 0 Å². The molecule has 1 N–H and O–H groups in total. The first-order chi connectivity index (χ1) is 6.41. The molecule has 0 radical (unpaired) electrons. The molecule has 0 aromatic carbocycles. The first-order valence-electron chi connectivity index (χ1n) is 6.06. The third-order valence-corrected chi connectivity index (χ3v) is 2.53. The zero-order chi connectivity index (χ0) is 9.78. The van der Waals surface area contributed by atoms with Gasteiger partial charge in [-0.25, -0.2) is 0 Å². The first kappa shape index (κ1) is 18.0. The Kier molecular flexibility index (Phi) is 21.8. The Morgan fingerprint density at radius 3 is 1.36 bits per heavy atom. The standard InChI is InChI=1S/C12H26N.K/c1-2-3-4-5-6-7-8-9-10-11-12-13;/h13H,2-12H2,1H3;/q-1;+1. The summed E-state index contributed by atoms with van der Waals surface area (Å²) >= 11 is 0. The van der Waals surface area contributed by atoms with Gasteiger partial charge >= 0.3 is 51.4 Å². The van der Waals surface area contributed by atoms with Crippen LogP contribution >= 0.6 is 0 Å². The third kappa shape index (κ3) is 16.0. The largest absolute Gasteiger partial charge is 1.00 e. The van der Waals surface area contributed by atoms with Gasteiger partial charge < -0.3 is 5.73 Å². The van der Waals surface area contributed by atoms with E-state index in [-0.39, 0.29) is 51.4 Å². The number of nitrogens with one attached hydrogen (secondary N) is 1. The molecule has 0 aliphatic rings. The van der Waals surface area contributed by atoms with Gasteiger partial charge in [-0.3, -0.25) is 0 Å². The fraction of sp³-hybridized carbons (Fsp3) is 1.00. The van der Waals surface area contributed by atoms with Crippen molar-refractivity contribution in [3.63, 3.8) is 0 Å². The monoisotopic (exact) mass is 223 g/mol. The van der Waals surface area contributed by atoms with Crippen molar-refractivity contribution in [3.8, 4) is 0 Å². The molecule has 2 heteroatoms. The Balaban J connectivity index is 0. The second kappa shape index (κ2) is 17.0. The van der Waals surface area contributed by atoms with E-state index < -0.39 is 0 Å². The maximum absolute atomic E-state index is 7.00. The molecule has 0 bridgehead atoms. The number of hydrogen-bond acceptors (Lipinski definition) is 0. The van der Waals surface area contributed by atoms with E-state index in [0.717, 1.165) is 6.42 Å². The van der Waals surface area contributed by atoms with Crippen molar-refractivity contribution in [2.75, 3.05) is 6.54 Å². The van der Waals surface area contributed by atoms with Crippen LogP contribution in [0.2, 0.25) is 0 Å². The molecule has 0 saturated carbocycles. The summed E-state index contributed by atoms with van der Waals surface area (Å²) in [7, 11) is 0. The molecule has 0 amide bonds. The van der Waals surface area contributed by atoms with Crippen LogP contribution in [-0.2, 0) is 0 Å². The summed E-state index contributed by atoms with van der Waals surface area (Å²) in [5.41, 5.74) is 7.00. The van der Waals surface area contributed by atoms with Gasteiger partial charge in [-0.05, 0) is 0 Å². The molecule has 0 rings (SSSR count).